The number of thiazole rings is 1. The van der Waals surface area contributed by atoms with Crippen molar-refractivity contribution in [1.29, 1.82) is 0 Å². The lowest BCUT2D eigenvalue weighted by Crippen LogP contribution is -3.07. The molecule has 0 fully saturated rings. The molecule has 3 rings (SSSR count). The number of methoxy groups -OCH3 is 2. The molecule has 0 saturated heterocycles. The van der Waals surface area contributed by atoms with Crippen LogP contribution in [-0.4, -0.2) is 26.3 Å². The molecule has 1 N–H and O–H groups in total. The van der Waals surface area contributed by atoms with Crippen LogP contribution >= 0.6 is 11.3 Å². The number of fused-ring (bicyclic) bond motifs is 1. The first-order chi connectivity index (χ1) is 11.6. The number of benzene rings is 2. The van der Waals surface area contributed by atoms with Gasteiger partial charge in [-0.25, -0.2) is 4.98 Å². The third-order valence-electron chi connectivity index (χ3n) is 4.38. The molecule has 5 heteroatoms. The molecule has 24 heavy (non-hydrogen) atoms. The van der Waals surface area contributed by atoms with Gasteiger partial charge < -0.3 is 14.4 Å². The van der Waals surface area contributed by atoms with Crippen molar-refractivity contribution >= 4 is 21.6 Å². The third-order valence-corrected chi connectivity index (χ3v) is 5.60. The molecule has 2 atom stereocenters. The monoisotopic (exact) mass is 343 g/mol. The molecule has 0 spiro atoms. The number of ether oxygens (including phenoxy) is 2. The van der Waals surface area contributed by atoms with Crippen molar-refractivity contribution in [2.75, 3.05) is 21.3 Å². The first-order valence-corrected chi connectivity index (χ1v) is 8.82. The fourth-order valence-corrected chi connectivity index (χ4v) is 3.87. The number of aromatic nitrogens is 1. The highest BCUT2D eigenvalue weighted by molar-refractivity contribution is 7.18. The molecule has 0 aliphatic heterocycles. The summed E-state index contributed by atoms with van der Waals surface area (Å²) >= 11 is 1.77. The van der Waals surface area contributed by atoms with Crippen LogP contribution in [0.1, 0.15) is 23.5 Å². The minimum atomic E-state index is 0.304. The predicted molar refractivity (Wildman–Crippen MR) is 98.2 cm³/mol. The van der Waals surface area contributed by atoms with Crippen molar-refractivity contribution in [2.24, 2.45) is 0 Å². The van der Waals surface area contributed by atoms with Gasteiger partial charge in [-0.05, 0) is 37.3 Å². The van der Waals surface area contributed by atoms with E-state index in [1.165, 1.54) is 9.60 Å². The molecule has 1 aromatic heterocycles. The van der Waals surface area contributed by atoms with E-state index in [0.29, 0.717) is 6.04 Å². The summed E-state index contributed by atoms with van der Waals surface area (Å²) in [6, 6.07) is 14.5. The molecule has 1 heterocycles. The van der Waals surface area contributed by atoms with E-state index < -0.39 is 0 Å². The number of nitrogens with zero attached hydrogens (tertiary/aromatic N) is 1. The summed E-state index contributed by atoms with van der Waals surface area (Å²) in [7, 11) is 5.58. The molecule has 0 aliphatic rings. The quantitative estimate of drug-likeness (QED) is 0.747. The summed E-state index contributed by atoms with van der Waals surface area (Å²) in [4.78, 5) is 6.16. The maximum absolute atomic E-state index is 5.50. The number of rotatable bonds is 6. The van der Waals surface area contributed by atoms with E-state index in [2.05, 4.69) is 32.2 Å². The van der Waals surface area contributed by atoms with E-state index >= 15 is 0 Å². The Morgan fingerprint density at radius 3 is 2.62 bits per heavy atom. The number of hydrogen-bond acceptors (Lipinski definition) is 4. The summed E-state index contributed by atoms with van der Waals surface area (Å²) in [5.74, 6) is 1.75. The molecular formula is C19H23N2O2S+. The van der Waals surface area contributed by atoms with Gasteiger partial charge in [0.25, 0.3) is 0 Å². The zero-order chi connectivity index (χ0) is 17.1. The zero-order valence-electron chi connectivity index (χ0n) is 14.5. The second kappa shape index (κ2) is 7.20. The van der Waals surface area contributed by atoms with Crippen LogP contribution in [0.3, 0.4) is 0 Å². The van der Waals surface area contributed by atoms with E-state index in [0.717, 1.165) is 34.1 Å². The highest BCUT2D eigenvalue weighted by Gasteiger charge is 2.21. The van der Waals surface area contributed by atoms with Crippen molar-refractivity contribution in [1.82, 2.24) is 4.98 Å². The van der Waals surface area contributed by atoms with E-state index in [4.69, 9.17) is 14.5 Å². The lowest BCUT2D eigenvalue weighted by Gasteiger charge is -2.21. The van der Waals surface area contributed by atoms with Crippen LogP contribution in [0.2, 0.25) is 0 Å². The van der Waals surface area contributed by atoms with Gasteiger partial charge in [-0.2, -0.15) is 0 Å². The summed E-state index contributed by atoms with van der Waals surface area (Å²) in [5.41, 5.74) is 2.22. The van der Waals surface area contributed by atoms with Crippen molar-refractivity contribution in [3.8, 4) is 11.5 Å². The average Bonchev–Trinajstić information content (AvgIpc) is 3.05. The molecule has 2 aromatic carbocycles. The van der Waals surface area contributed by atoms with Crippen LogP contribution in [0.25, 0.3) is 10.2 Å². The minimum absolute atomic E-state index is 0.304. The Morgan fingerprint density at radius 1 is 1.12 bits per heavy atom. The van der Waals surface area contributed by atoms with Gasteiger partial charge in [0.05, 0.1) is 37.0 Å². The average molecular weight is 343 g/mol. The maximum Gasteiger partial charge on any atom is 0.151 e. The highest BCUT2D eigenvalue weighted by Crippen LogP contribution is 2.26. The Hall–Kier alpha value is -2.11. The molecule has 0 bridgehead atoms. The third kappa shape index (κ3) is 3.37. The van der Waals surface area contributed by atoms with Crippen LogP contribution < -0.4 is 14.4 Å². The summed E-state index contributed by atoms with van der Waals surface area (Å²) < 4.78 is 12.1. The van der Waals surface area contributed by atoms with Crippen LogP contribution in [0.4, 0.5) is 0 Å². The van der Waals surface area contributed by atoms with E-state index in [1.54, 1.807) is 25.6 Å². The zero-order valence-corrected chi connectivity index (χ0v) is 15.3. The number of para-hydroxylation sites is 1. The first-order valence-electron chi connectivity index (χ1n) is 8.01. The van der Waals surface area contributed by atoms with Gasteiger partial charge in [0, 0.05) is 0 Å². The van der Waals surface area contributed by atoms with Gasteiger partial charge in [-0.3, -0.25) is 0 Å². The van der Waals surface area contributed by atoms with Crippen LogP contribution in [-0.2, 0) is 6.54 Å². The van der Waals surface area contributed by atoms with Crippen molar-refractivity contribution in [2.45, 2.75) is 19.5 Å². The smallest absolute Gasteiger partial charge is 0.151 e. The second-order valence-corrected chi connectivity index (χ2v) is 7.00. The highest BCUT2D eigenvalue weighted by atomic mass is 32.1. The van der Waals surface area contributed by atoms with Crippen LogP contribution in [0.15, 0.2) is 42.5 Å². The number of nitrogens with one attached hydrogen (secondary N) is 1. The van der Waals surface area contributed by atoms with Crippen molar-refractivity contribution in [3.05, 3.63) is 53.0 Å². The van der Waals surface area contributed by atoms with E-state index in [1.807, 2.05) is 24.3 Å². The van der Waals surface area contributed by atoms with Crippen molar-refractivity contribution in [3.63, 3.8) is 0 Å². The van der Waals surface area contributed by atoms with Gasteiger partial charge in [0.2, 0.25) is 0 Å². The van der Waals surface area contributed by atoms with Gasteiger partial charge >= 0.3 is 0 Å². The Kier molecular flexibility index (Phi) is 5.02. The molecule has 126 valence electrons. The summed E-state index contributed by atoms with van der Waals surface area (Å²) in [5, 5.41) is 1.16. The van der Waals surface area contributed by atoms with Gasteiger partial charge in [0.15, 0.2) is 5.01 Å². The normalized spacial score (nSPS) is 13.7. The lowest BCUT2D eigenvalue weighted by atomic mass is 10.1. The van der Waals surface area contributed by atoms with Gasteiger partial charge in [-0.15, -0.1) is 11.3 Å². The topological polar surface area (TPSA) is 35.8 Å². The molecule has 0 aliphatic carbocycles. The van der Waals surface area contributed by atoms with Crippen LogP contribution in [0, 0.1) is 0 Å². The summed E-state index contributed by atoms with van der Waals surface area (Å²) in [6.07, 6.45) is 0. The number of quaternary nitrogens is 1. The predicted octanol–water partition coefficient (Wildman–Crippen LogP) is 3.09. The Bertz CT molecular complexity index is 798. The minimum Gasteiger partial charge on any atom is -0.497 e. The van der Waals surface area contributed by atoms with Crippen molar-refractivity contribution < 1.29 is 14.4 Å². The standard InChI is InChI=1S/C19H22N2O2S/c1-13(19-20-16-7-5-6-8-18(16)24-19)21(2)12-14-11-15(22-3)9-10-17(14)23-4/h5-11,13H,12H2,1-4H3/p+1/t13-/m1/s1. The molecule has 0 amide bonds. The molecule has 1 unspecified atom stereocenters. The van der Waals surface area contributed by atoms with E-state index in [-0.39, 0.29) is 0 Å². The molecule has 0 radical (unpaired) electrons. The molecule has 4 nitrogen and oxygen atoms in total. The van der Waals surface area contributed by atoms with Gasteiger partial charge in [-0.1, -0.05) is 12.1 Å². The van der Waals surface area contributed by atoms with E-state index in [9.17, 15) is 0 Å². The fourth-order valence-electron chi connectivity index (χ4n) is 2.76. The number of hydrogen-bond donors (Lipinski definition) is 1. The summed E-state index contributed by atoms with van der Waals surface area (Å²) in [6.45, 7) is 3.07. The molecule has 0 saturated carbocycles. The first kappa shape index (κ1) is 16.7. The van der Waals surface area contributed by atoms with Crippen LogP contribution in [0.5, 0.6) is 11.5 Å². The van der Waals surface area contributed by atoms with Gasteiger partial charge in [0.1, 0.15) is 24.1 Å². The Morgan fingerprint density at radius 2 is 1.92 bits per heavy atom. The maximum atomic E-state index is 5.50. The fraction of sp³-hybridized carbons (Fsp3) is 0.316. The Balaban J connectivity index is 1.82. The molecular weight excluding hydrogens is 320 g/mol. The largest absolute Gasteiger partial charge is 0.497 e. The second-order valence-electron chi connectivity index (χ2n) is 5.94. The lowest BCUT2D eigenvalue weighted by molar-refractivity contribution is -0.923. The Labute approximate surface area is 146 Å². The molecule has 3 aromatic rings. The SMILES string of the molecule is COc1ccc(OC)c(C[NH+](C)[C@H](C)c2nc3ccccc3s2)c1.